The van der Waals surface area contributed by atoms with Crippen LogP contribution in [0.1, 0.15) is 18.4 Å². The molecule has 0 radical (unpaired) electrons. The summed E-state index contributed by atoms with van der Waals surface area (Å²) in [4.78, 5) is 1.35. The highest BCUT2D eigenvalue weighted by atomic mass is 35.5. The van der Waals surface area contributed by atoms with Crippen LogP contribution in [0, 0.1) is 0 Å². The quantitative estimate of drug-likeness (QED) is 0.548. The number of hydrogen-bond acceptors (Lipinski definition) is 5. The maximum atomic E-state index is 13.5. The van der Waals surface area contributed by atoms with E-state index in [0.717, 1.165) is 36.4 Å². The second kappa shape index (κ2) is 10.1. The highest BCUT2D eigenvalue weighted by Gasteiger charge is 2.32. The van der Waals surface area contributed by atoms with Crippen LogP contribution >= 0.6 is 44.8 Å². The zero-order chi connectivity index (χ0) is 20.1. The molecule has 152 valence electrons. The first-order valence-corrected chi connectivity index (χ1v) is 13.6. The summed E-state index contributed by atoms with van der Waals surface area (Å²) in [5.74, 6) is 0. The van der Waals surface area contributed by atoms with Gasteiger partial charge in [0.15, 0.2) is 0 Å². The van der Waals surface area contributed by atoms with Crippen LogP contribution in [0.5, 0.6) is 0 Å². The molecule has 0 amide bonds. The third-order valence-electron chi connectivity index (χ3n) is 4.65. The number of halogens is 2. The first-order chi connectivity index (χ1) is 13.4. The highest BCUT2D eigenvalue weighted by Crippen LogP contribution is 2.31. The molecule has 0 unspecified atom stereocenters. The van der Waals surface area contributed by atoms with Crippen LogP contribution in [0.2, 0.25) is 10.0 Å². The summed E-state index contributed by atoms with van der Waals surface area (Å²) in [5.41, 5.74) is 0.825. The van der Waals surface area contributed by atoms with Crippen molar-refractivity contribution < 1.29 is 8.42 Å². The number of hydrogen-bond donors (Lipinski definition) is 1. The Morgan fingerprint density at radius 2 is 1.75 bits per heavy atom. The van der Waals surface area contributed by atoms with Crippen molar-refractivity contribution in [2.24, 2.45) is 0 Å². The number of rotatable bonds is 7. The summed E-state index contributed by atoms with van der Waals surface area (Å²) in [5, 5.41) is 4.19. The number of nitrogens with zero attached hydrogens (tertiary/aromatic N) is 1. The first-order valence-electron chi connectivity index (χ1n) is 8.89. The number of sulfonamides is 1. The van der Waals surface area contributed by atoms with E-state index in [1.165, 1.54) is 0 Å². The first kappa shape index (κ1) is 22.3. The fourth-order valence-corrected chi connectivity index (χ4v) is 6.57. The molecule has 1 fully saturated rings. The maximum Gasteiger partial charge on any atom is 0.243 e. The fraction of sp³-hybridized carbons (Fsp3) is 0.368. The monoisotopic (exact) mass is 476 g/mol. The number of piperidine rings is 1. The third-order valence-corrected chi connectivity index (χ3v) is 9.01. The largest absolute Gasteiger partial charge is 0.317 e. The topological polar surface area (TPSA) is 49.4 Å². The van der Waals surface area contributed by atoms with Crippen molar-refractivity contribution in [3.63, 3.8) is 0 Å². The van der Waals surface area contributed by atoms with Crippen LogP contribution in [0.15, 0.2) is 52.3 Å². The molecule has 1 heterocycles. The van der Waals surface area contributed by atoms with Gasteiger partial charge in [-0.25, -0.2) is 8.42 Å². The predicted octanol–water partition coefficient (Wildman–Crippen LogP) is 5.31. The van der Waals surface area contributed by atoms with Gasteiger partial charge >= 0.3 is 0 Å². The van der Waals surface area contributed by atoms with E-state index in [9.17, 15) is 8.42 Å². The van der Waals surface area contributed by atoms with Crippen LogP contribution in [0.4, 0.5) is 0 Å². The van der Waals surface area contributed by atoms with Gasteiger partial charge in [-0.3, -0.25) is 0 Å². The minimum Gasteiger partial charge on any atom is -0.317 e. The lowest BCUT2D eigenvalue weighted by Gasteiger charge is -2.34. The molecular formula is C19H22Cl2N2O2S3. The average Bonchev–Trinajstić information content (AvgIpc) is 2.70. The Labute approximate surface area is 184 Å². The van der Waals surface area contributed by atoms with Crippen molar-refractivity contribution in [1.29, 1.82) is 0 Å². The minimum absolute atomic E-state index is 0.0547. The van der Waals surface area contributed by atoms with Gasteiger partial charge in [0.25, 0.3) is 0 Å². The lowest BCUT2D eigenvalue weighted by Crippen LogP contribution is -2.45. The van der Waals surface area contributed by atoms with E-state index >= 15 is 0 Å². The van der Waals surface area contributed by atoms with Gasteiger partial charge in [0.1, 0.15) is 0 Å². The molecule has 0 aromatic heterocycles. The van der Waals surface area contributed by atoms with Crippen LogP contribution in [0.3, 0.4) is 0 Å². The van der Waals surface area contributed by atoms with Crippen molar-refractivity contribution in [3.8, 4) is 0 Å². The molecule has 1 saturated heterocycles. The molecule has 1 aliphatic heterocycles. The van der Waals surface area contributed by atoms with Gasteiger partial charge in [-0.2, -0.15) is 4.31 Å². The molecule has 3 rings (SSSR count). The van der Waals surface area contributed by atoms with Crippen LogP contribution in [-0.2, 0) is 16.6 Å². The second-order valence-corrected chi connectivity index (χ2v) is 11.7. The van der Waals surface area contributed by atoms with Crippen molar-refractivity contribution in [2.75, 3.05) is 19.3 Å². The molecule has 4 nitrogen and oxygen atoms in total. The normalized spacial score (nSPS) is 15.9. The van der Waals surface area contributed by atoms with Crippen LogP contribution in [-0.4, -0.2) is 38.1 Å². The molecule has 0 aliphatic carbocycles. The van der Waals surface area contributed by atoms with E-state index in [1.54, 1.807) is 50.2 Å². The van der Waals surface area contributed by atoms with Gasteiger partial charge in [0.05, 0.1) is 14.9 Å². The van der Waals surface area contributed by atoms with Crippen LogP contribution < -0.4 is 5.32 Å². The van der Waals surface area contributed by atoms with E-state index in [-0.39, 0.29) is 12.6 Å². The lowest BCUT2D eigenvalue weighted by atomic mass is 10.1. The van der Waals surface area contributed by atoms with Crippen molar-refractivity contribution in [2.45, 2.75) is 35.2 Å². The van der Waals surface area contributed by atoms with Gasteiger partial charge in [-0.1, -0.05) is 50.9 Å². The van der Waals surface area contributed by atoms with Gasteiger partial charge in [0.2, 0.25) is 10.0 Å². The Morgan fingerprint density at radius 1 is 1.07 bits per heavy atom. The molecule has 2 aromatic carbocycles. The van der Waals surface area contributed by atoms with E-state index in [1.807, 2.05) is 24.5 Å². The van der Waals surface area contributed by atoms with Gasteiger partial charge in [-0.05, 0) is 74.1 Å². The molecule has 2 aromatic rings. The SMILES string of the molecule is CSSc1ccc(S(=O)(=O)N(Cc2ccc(Cl)c(Cl)c2)C2CCNCC2)cc1. The summed E-state index contributed by atoms with van der Waals surface area (Å²) < 4.78 is 28.6. The van der Waals surface area contributed by atoms with E-state index in [0.29, 0.717) is 14.9 Å². The molecule has 0 bridgehead atoms. The van der Waals surface area contributed by atoms with Gasteiger partial charge < -0.3 is 5.32 Å². The molecule has 9 heteroatoms. The number of nitrogens with one attached hydrogen (secondary N) is 1. The Morgan fingerprint density at radius 3 is 2.36 bits per heavy atom. The molecule has 0 atom stereocenters. The van der Waals surface area contributed by atoms with Crippen molar-refractivity contribution in [1.82, 2.24) is 9.62 Å². The predicted molar refractivity (Wildman–Crippen MR) is 121 cm³/mol. The summed E-state index contributed by atoms with van der Waals surface area (Å²) >= 11 is 12.2. The van der Waals surface area contributed by atoms with E-state index < -0.39 is 10.0 Å². The molecule has 28 heavy (non-hydrogen) atoms. The Kier molecular flexibility index (Phi) is 8.01. The molecular weight excluding hydrogens is 455 g/mol. The Bertz CT molecular complexity index is 902. The smallest absolute Gasteiger partial charge is 0.243 e. The van der Waals surface area contributed by atoms with Gasteiger partial charge in [0, 0.05) is 17.5 Å². The lowest BCUT2D eigenvalue weighted by molar-refractivity contribution is 0.256. The molecule has 1 aliphatic rings. The van der Waals surface area contributed by atoms with Crippen molar-refractivity contribution in [3.05, 3.63) is 58.1 Å². The summed E-state index contributed by atoms with van der Waals surface area (Å²) in [6.45, 7) is 1.88. The number of benzene rings is 2. The van der Waals surface area contributed by atoms with E-state index in [2.05, 4.69) is 5.32 Å². The van der Waals surface area contributed by atoms with Gasteiger partial charge in [-0.15, -0.1) is 0 Å². The molecule has 0 saturated carbocycles. The van der Waals surface area contributed by atoms with Crippen molar-refractivity contribution >= 4 is 54.8 Å². The minimum atomic E-state index is -3.64. The molecule has 0 spiro atoms. The average molecular weight is 478 g/mol. The summed E-state index contributed by atoms with van der Waals surface area (Å²) in [7, 11) is -0.403. The second-order valence-electron chi connectivity index (χ2n) is 6.50. The summed E-state index contributed by atoms with van der Waals surface area (Å²) in [6.07, 6.45) is 3.55. The van der Waals surface area contributed by atoms with E-state index in [4.69, 9.17) is 23.2 Å². The standard InChI is InChI=1S/C19H22Cl2N2O2S3/c1-26-27-16-3-5-17(6-4-16)28(24,25)23(15-8-10-22-11-9-15)13-14-2-7-18(20)19(21)12-14/h2-7,12,15,22H,8-11,13H2,1H3. The zero-order valence-electron chi connectivity index (χ0n) is 15.4. The molecule has 1 N–H and O–H groups in total. The zero-order valence-corrected chi connectivity index (χ0v) is 19.4. The maximum absolute atomic E-state index is 13.5. The van der Waals surface area contributed by atoms with Crippen LogP contribution in [0.25, 0.3) is 0 Å². The fourth-order valence-electron chi connectivity index (χ4n) is 3.22. The highest BCUT2D eigenvalue weighted by molar-refractivity contribution is 8.76. The Balaban J connectivity index is 1.93. The third kappa shape index (κ3) is 5.39. The summed E-state index contributed by atoms with van der Waals surface area (Å²) in [6, 6.07) is 12.3. The Hall–Kier alpha value is -0.410.